The number of esters is 1. The smallest absolute Gasteiger partial charge is 0.306 e. The summed E-state index contributed by atoms with van der Waals surface area (Å²) in [6.45, 7) is 0.488. The van der Waals surface area contributed by atoms with Crippen LogP contribution in [0.3, 0.4) is 0 Å². The van der Waals surface area contributed by atoms with Gasteiger partial charge < -0.3 is 24.8 Å². The van der Waals surface area contributed by atoms with Crippen LogP contribution in [-0.2, 0) is 19.1 Å². The Bertz CT molecular complexity index is 781. The molecule has 0 aliphatic carbocycles. The lowest BCUT2D eigenvalue weighted by Crippen LogP contribution is -2.34. The summed E-state index contributed by atoms with van der Waals surface area (Å²) in [5, 5.41) is 5.58. The minimum Gasteiger partial charge on any atom is -0.463 e. The summed E-state index contributed by atoms with van der Waals surface area (Å²) in [5.41, 5.74) is 0.699. The predicted octanol–water partition coefficient (Wildman–Crippen LogP) is 3.26. The van der Waals surface area contributed by atoms with Crippen molar-refractivity contribution in [1.82, 2.24) is 5.32 Å². The molecule has 0 aromatic heterocycles. The molecule has 0 bridgehead atoms. The highest BCUT2D eigenvalue weighted by molar-refractivity contribution is 7.80. The number of rotatable bonds is 9. The summed E-state index contributed by atoms with van der Waals surface area (Å²) in [7, 11) is 1.51. The molecule has 7 nitrogen and oxygen atoms in total. The van der Waals surface area contributed by atoms with Crippen molar-refractivity contribution >= 4 is 34.9 Å². The maximum absolute atomic E-state index is 11.8. The van der Waals surface area contributed by atoms with Crippen molar-refractivity contribution < 1.29 is 23.8 Å². The molecule has 28 heavy (non-hydrogen) atoms. The lowest BCUT2D eigenvalue weighted by atomic mass is 10.3. The van der Waals surface area contributed by atoms with Gasteiger partial charge in [0.2, 0.25) is 5.91 Å². The van der Waals surface area contributed by atoms with E-state index in [0.717, 1.165) is 5.75 Å². The summed E-state index contributed by atoms with van der Waals surface area (Å²) >= 11 is 5.11. The lowest BCUT2D eigenvalue weighted by Gasteiger charge is -2.11. The van der Waals surface area contributed by atoms with Crippen LogP contribution in [0.15, 0.2) is 54.6 Å². The third-order valence-electron chi connectivity index (χ3n) is 3.45. The Balaban J connectivity index is 1.72. The van der Waals surface area contributed by atoms with Crippen LogP contribution in [0, 0.1) is 0 Å². The molecular weight excluding hydrogens is 380 g/mol. The lowest BCUT2D eigenvalue weighted by molar-refractivity contribution is -0.146. The monoisotopic (exact) mass is 402 g/mol. The normalized spacial score (nSPS) is 10.0. The zero-order chi connectivity index (χ0) is 20.2. The van der Waals surface area contributed by atoms with Crippen molar-refractivity contribution in [3.8, 4) is 11.5 Å². The van der Waals surface area contributed by atoms with Gasteiger partial charge in [0.05, 0.1) is 13.0 Å². The van der Waals surface area contributed by atoms with Crippen molar-refractivity contribution in [2.24, 2.45) is 0 Å². The number of nitrogens with one attached hydrogen (secondary N) is 2. The van der Waals surface area contributed by atoms with E-state index in [9.17, 15) is 9.59 Å². The molecule has 8 heteroatoms. The molecule has 0 fully saturated rings. The summed E-state index contributed by atoms with van der Waals surface area (Å²) in [6.07, 6.45) is -0.0405. The van der Waals surface area contributed by atoms with E-state index in [1.165, 1.54) is 7.11 Å². The zero-order valence-electron chi connectivity index (χ0n) is 15.5. The molecule has 1 amide bonds. The summed E-state index contributed by atoms with van der Waals surface area (Å²) in [6, 6.07) is 16.6. The number of methoxy groups -OCH3 is 1. The van der Waals surface area contributed by atoms with Crippen LogP contribution in [0.2, 0.25) is 0 Å². The predicted molar refractivity (Wildman–Crippen MR) is 109 cm³/mol. The number of hydrogen-bond acceptors (Lipinski definition) is 6. The van der Waals surface area contributed by atoms with E-state index in [4.69, 9.17) is 26.4 Å². The van der Waals surface area contributed by atoms with Gasteiger partial charge in [-0.25, -0.2) is 0 Å². The Kier molecular flexibility index (Phi) is 8.90. The zero-order valence-corrected chi connectivity index (χ0v) is 16.3. The summed E-state index contributed by atoms with van der Waals surface area (Å²) in [5.74, 6) is 0.593. The fourth-order valence-corrected chi connectivity index (χ4v) is 2.34. The van der Waals surface area contributed by atoms with E-state index >= 15 is 0 Å². The first-order chi connectivity index (χ1) is 13.6. The Labute approximate surface area is 169 Å². The molecule has 0 aliphatic rings. The van der Waals surface area contributed by atoms with Crippen LogP contribution in [-0.4, -0.2) is 37.3 Å². The topological polar surface area (TPSA) is 85.9 Å². The van der Waals surface area contributed by atoms with Gasteiger partial charge in [-0.1, -0.05) is 18.2 Å². The van der Waals surface area contributed by atoms with Crippen molar-refractivity contribution in [2.45, 2.75) is 12.8 Å². The van der Waals surface area contributed by atoms with Crippen LogP contribution in [0.25, 0.3) is 0 Å². The molecule has 148 valence electrons. The number of carbonyl (C=O) groups excluding carboxylic acids is 2. The first-order valence-corrected chi connectivity index (χ1v) is 9.06. The van der Waals surface area contributed by atoms with E-state index in [1.807, 2.05) is 30.3 Å². The highest BCUT2D eigenvalue weighted by Gasteiger charge is 2.09. The standard InChI is InChI=1S/C20H22N2O5S/c1-25-13-14-26-19(24)12-11-18(23)22-20(28)21-15-7-9-17(10-8-15)27-16-5-3-2-4-6-16/h2-10H,11-14H2,1H3,(H2,21,22,23,28). The van der Waals surface area contributed by atoms with Gasteiger partial charge in [-0.2, -0.15) is 0 Å². The van der Waals surface area contributed by atoms with Gasteiger partial charge in [0.25, 0.3) is 0 Å². The van der Waals surface area contributed by atoms with E-state index in [0.29, 0.717) is 18.0 Å². The van der Waals surface area contributed by atoms with Gasteiger partial charge in [-0.3, -0.25) is 9.59 Å². The van der Waals surface area contributed by atoms with Crippen LogP contribution in [0.4, 0.5) is 5.69 Å². The minimum absolute atomic E-state index is 0.0164. The second-order valence-electron chi connectivity index (χ2n) is 5.66. The number of ether oxygens (including phenoxy) is 3. The van der Waals surface area contributed by atoms with Crippen molar-refractivity contribution in [3.05, 3.63) is 54.6 Å². The van der Waals surface area contributed by atoms with Gasteiger partial charge in [-0.05, 0) is 48.6 Å². The van der Waals surface area contributed by atoms with E-state index in [2.05, 4.69) is 10.6 Å². The van der Waals surface area contributed by atoms with Crippen LogP contribution in [0.1, 0.15) is 12.8 Å². The van der Waals surface area contributed by atoms with Gasteiger partial charge in [0.1, 0.15) is 18.1 Å². The van der Waals surface area contributed by atoms with Gasteiger partial charge in [-0.15, -0.1) is 0 Å². The highest BCUT2D eigenvalue weighted by Crippen LogP contribution is 2.22. The molecule has 0 heterocycles. The van der Waals surface area contributed by atoms with Gasteiger partial charge >= 0.3 is 5.97 Å². The maximum atomic E-state index is 11.8. The molecule has 2 aromatic rings. The SMILES string of the molecule is COCCOC(=O)CCC(=O)NC(=S)Nc1ccc(Oc2ccccc2)cc1. The molecule has 0 saturated carbocycles. The number of para-hydroxylation sites is 1. The molecule has 0 unspecified atom stereocenters. The van der Waals surface area contributed by atoms with E-state index in [1.54, 1.807) is 24.3 Å². The fourth-order valence-electron chi connectivity index (χ4n) is 2.11. The van der Waals surface area contributed by atoms with Crippen LogP contribution < -0.4 is 15.4 Å². The molecule has 2 aromatic carbocycles. The first kappa shape index (κ1) is 21.3. The van der Waals surface area contributed by atoms with E-state index < -0.39 is 5.97 Å². The average molecular weight is 402 g/mol. The molecule has 2 rings (SSSR count). The first-order valence-electron chi connectivity index (χ1n) is 8.65. The second-order valence-corrected chi connectivity index (χ2v) is 6.06. The molecule has 0 atom stereocenters. The van der Waals surface area contributed by atoms with Gasteiger partial charge in [0.15, 0.2) is 5.11 Å². The van der Waals surface area contributed by atoms with Crippen molar-refractivity contribution in [1.29, 1.82) is 0 Å². The third-order valence-corrected chi connectivity index (χ3v) is 3.65. The number of hydrogen-bond donors (Lipinski definition) is 2. The Morgan fingerprint density at radius 2 is 1.61 bits per heavy atom. The Morgan fingerprint density at radius 3 is 2.29 bits per heavy atom. The molecule has 0 spiro atoms. The minimum atomic E-state index is -0.458. The van der Waals surface area contributed by atoms with Gasteiger partial charge in [0, 0.05) is 19.2 Å². The summed E-state index contributed by atoms with van der Waals surface area (Å²) < 4.78 is 15.4. The van der Waals surface area contributed by atoms with Crippen molar-refractivity contribution in [3.63, 3.8) is 0 Å². The number of thiocarbonyl (C=S) groups is 1. The Hall–Kier alpha value is -2.97. The third kappa shape index (κ3) is 8.15. The van der Waals surface area contributed by atoms with Crippen LogP contribution in [0.5, 0.6) is 11.5 Å². The molecule has 0 radical (unpaired) electrons. The number of anilines is 1. The highest BCUT2D eigenvalue weighted by atomic mass is 32.1. The number of benzene rings is 2. The van der Waals surface area contributed by atoms with Crippen LogP contribution >= 0.6 is 12.2 Å². The fraction of sp³-hybridized carbons (Fsp3) is 0.250. The average Bonchev–Trinajstić information content (AvgIpc) is 2.69. The number of carbonyl (C=O) groups is 2. The van der Waals surface area contributed by atoms with Crippen molar-refractivity contribution in [2.75, 3.05) is 25.6 Å². The summed E-state index contributed by atoms with van der Waals surface area (Å²) in [4.78, 5) is 23.3. The Morgan fingerprint density at radius 1 is 0.929 bits per heavy atom. The quantitative estimate of drug-likeness (QED) is 0.378. The van der Waals surface area contributed by atoms with E-state index in [-0.39, 0.29) is 30.5 Å². The largest absolute Gasteiger partial charge is 0.463 e. The maximum Gasteiger partial charge on any atom is 0.306 e. The second kappa shape index (κ2) is 11.7. The molecular formula is C20H22N2O5S. The molecule has 2 N–H and O–H groups in total. The molecule has 0 saturated heterocycles. The number of amides is 1. The molecule has 0 aliphatic heterocycles.